The van der Waals surface area contributed by atoms with E-state index in [-0.39, 0.29) is 0 Å². The van der Waals surface area contributed by atoms with E-state index in [4.69, 9.17) is 0 Å². The van der Waals surface area contributed by atoms with Crippen LogP contribution in [0, 0.1) is 0 Å². The number of hydrogen-bond donors (Lipinski definition) is 0. The highest BCUT2D eigenvalue weighted by Gasteiger charge is 2.17. The highest BCUT2D eigenvalue weighted by molar-refractivity contribution is 6.21. The lowest BCUT2D eigenvalue weighted by molar-refractivity contribution is 0.798. The maximum absolute atomic E-state index is 2.40. The maximum atomic E-state index is 2.40. The van der Waals surface area contributed by atoms with Crippen molar-refractivity contribution in [1.82, 2.24) is 0 Å². The summed E-state index contributed by atoms with van der Waals surface area (Å²) in [5, 5.41) is 11.5. The van der Waals surface area contributed by atoms with E-state index < -0.39 is 0 Å². The van der Waals surface area contributed by atoms with Crippen molar-refractivity contribution in [3.8, 4) is 0 Å². The lowest BCUT2D eigenvalue weighted by Gasteiger charge is -2.20. The SMILES string of the molecule is CCCCc1c2ccc3ccccc3c2c(CCCC)c2ccc3ccccc3c12. The molecule has 5 rings (SSSR count). The van der Waals surface area contributed by atoms with E-state index in [1.165, 1.54) is 68.8 Å². The molecule has 0 saturated heterocycles. The van der Waals surface area contributed by atoms with Crippen LogP contribution in [0.5, 0.6) is 0 Å². The molecule has 0 unspecified atom stereocenters. The van der Waals surface area contributed by atoms with Crippen LogP contribution in [0.15, 0.2) is 72.8 Å². The van der Waals surface area contributed by atoms with Crippen molar-refractivity contribution in [2.75, 3.05) is 0 Å². The summed E-state index contributed by atoms with van der Waals surface area (Å²) < 4.78 is 0. The average Bonchev–Trinajstić information content (AvgIpc) is 2.80. The van der Waals surface area contributed by atoms with Gasteiger partial charge in [-0.2, -0.15) is 0 Å². The van der Waals surface area contributed by atoms with Gasteiger partial charge in [-0.15, -0.1) is 0 Å². The first kappa shape index (κ1) is 19.1. The highest BCUT2D eigenvalue weighted by atomic mass is 14.2. The molecule has 30 heavy (non-hydrogen) atoms. The van der Waals surface area contributed by atoms with Gasteiger partial charge in [-0.05, 0) is 79.9 Å². The molecule has 0 aliphatic rings. The van der Waals surface area contributed by atoms with Crippen LogP contribution in [0.25, 0.3) is 43.1 Å². The first-order chi connectivity index (χ1) is 14.8. The Morgan fingerprint density at radius 2 is 0.900 bits per heavy atom. The molecule has 0 radical (unpaired) electrons. The summed E-state index contributed by atoms with van der Waals surface area (Å²) in [7, 11) is 0. The molecule has 5 aromatic carbocycles. The predicted molar refractivity (Wildman–Crippen MR) is 134 cm³/mol. The van der Waals surface area contributed by atoms with Gasteiger partial charge in [0.2, 0.25) is 0 Å². The van der Waals surface area contributed by atoms with Gasteiger partial charge in [-0.25, -0.2) is 0 Å². The molecular weight excluding hydrogens is 360 g/mol. The highest BCUT2D eigenvalue weighted by Crippen LogP contribution is 2.41. The molecule has 0 aromatic heterocycles. The minimum Gasteiger partial charge on any atom is -0.0654 e. The van der Waals surface area contributed by atoms with E-state index in [2.05, 4.69) is 86.6 Å². The summed E-state index contributed by atoms with van der Waals surface area (Å²) in [5.74, 6) is 0. The molecule has 5 aromatic rings. The Morgan fingerprint density at radius 1 is 0.467 bits per heavy atom. The van der Waals surface area contributed by atoms with Crippen LogP contribution in [0.1, 0.15) is 50.7 Å². The van der Waals surface area contributed by atoms with Crippen molar-refractivity contribution in [2.24, 2.45) is 0 Å². The second-order valence-corrected chi connectivity index (χ2v) is 8.58. The molecule has 0 N–H and O–H groups in total. The maximum Gasteiger partial charge on any atom is -0.00641 e. The molecule has 0 bridgehead atoms. The molecule has 0 atom stereocenters. The molecule has 0 fully saturated rings. The quantitative estimate of drug-likeness (QED) is 0.200. The normalized spacial score (nSPS) is 11.8. The zero-order chi connectivity index (χ0) is 20.5. The van der Waals surface area contributed by atoms with Crippen molar-refractivity contribution >= 4 is 43.1 Å². The minimum absolute atomic E-state index is 1.14. The van der Waals surface area contributed by atoms with E-state index in [1.54, 1.807) is 11.1 Å². The first-order valence-electron chi connectivity index (χ1n) is 11.6. The summed E-state index contributed by atoms with van der Waals surface area (Å²) >= 11 is 0. The van der Waals surface area contributed by atoms with Gasteiger partial charge < -0.3 is 0 Å². The number of benzene rings is 5. The van der Waals surface area contributed by atoms with Crippen LogP contribution < -0.4 is 0 Å². The molecule has 0 spiro atoms. The molecular formula is C30H30. The Bertz CT molecular complexity index is 1250. The fraction of sp³-hybridized carbons (Fsp3) is 0.267. The first-order valence-corrected chi connectivity index (χ1v) is 11.6. The number of hydrogen-bond acceptors (Lipinski definition) is 0. The second kappa shape index (κ2) is 8.11. The van der Waals surface area contributed by atoms with Crippen molar-refractivity contribution in [3.63, 3.8) is 0 Å². The third kappa shape index (κ3) is 3.06. The number of rotatable bonds is 6. The predicted octanol–water partition coefficient (Wildman–Crippen LogP) is 8.98. The zero-order valence-corrected chi connectivity index (χ0v) is 18.2. The Kier molecular flexibility index (Phi) is 5.17. The number of fused-ring (bicyclic) bond motifs is 6. The van der Waals surface area contributed by atoms with Crippen molar-refractivity contribution in [3.05, 3.63) is 83.9 Å². The standard InChI is InChI=1S/C30H30/c1-3-5-13-25-27-19-17-22-12-8-10-16-24(22)30(27)26(14-6-4-2)28-20-18-21-11-7-9-15-23(21)29(25)28/h7-12,15-20H,3-6,13-14H2,1-2H3. The van der Waals surface area contributed by atoms with E-state index in [0.717, 1.165) is 12.8 Å². The van der Waals surface area contributed by atoms with E-state index in [9.17, 15) is 0 Å². The average molecular weight is 391 g/mol. The molecule has 0 heteroatoms. The van der Waals surface area contributed by atoms with Crippen LogP contribution in [0.4, 0.5) is 0 Å². The van der Waals surface area contributed by atoms with Gasteiger partial charge in [-0.3, -0.25) is 0 Å². The smallest absolute Gasteiger partial charge is 0.00641 e. The monoisotopic (exact) mass is 390 g/mol. The lowest BCUT2D eigenvalue weighted by Crippen LogP contribution is -1.98. The molecule has 0 aliphatic carbocycles. The van der Waals surface area contributed by atoms with Crippen LogP contribution in [0.3, 0.4) is 0 Å². The largest absolute Gasteiger partial charge is 0.0654 e. The third-order valence-electron chi connectivity index (χ3n) is 6.67. The topological polar surface area (TPSA) is 0 Å². The van der Waals surface area contributed by atoms with Gasteiger partial charge in [0, 0.05) is 0 Å². The van der Waals surface area contributed by atoms with E-state index in [0.29, 0.717) is 0 Å². The fourth-order valence-electron chi connectivity index (χ4n) is 5.19. The summed E-state index contributed by atoms with van der Waals surface area (Å²) in [4.78, 5) is 0. The Balaban J connectivity index is 2.02. The van der Waals surface area contributed by atoms with Crippen LogP contribution in [-0.2, 0) is 12.8 Å². The number of aryl methyl sites for hydroxylation is 2. The minimum atomic E-state index is 1.14. The summed E-state index contributed by atoms with van der Waals surface area (Å²) in [6.45, 7) is 4.60. The van der Waals surface area contributed by atoms with Gasteiger partial charge in [0.05, 0.1) is 0 Å². The van der Waals surface area contributed by atoms with Gasteiger partial charge >= 0.3 is 0 Å². The van der Waals surface area contributed by atoms with Crippen molar-refractivity contribution in [2.45, 2.75) is 52.4 Å². The molecule has 0 amide bonds. The molecule has 0 saturated carbocycles. The van der Waals surface area contributed by atoms with Gasteiger partial charge in [0.15, 0.2) is 0 Å². The molecule has 150 valence electrons. The van der Waals surface area contributed by atoms with Crippen LogP contribution in [-0.4, -0.2) is 0 Å². The van der Waals surface area contributed by atoms with Gasteiger partial charge in [-0.1, -0.05) is 99.5 Å². The molecule has 0 aliphatic heterocycles. The van der Waals surface area contributed by atoms with Crippen molar-refractivity contribution < 1.29 is 0 Å². The zero-order valence-electron chi connectivity index (χ0n) is 18.2. The van der Waals surface area contributed by atoms with Crippen molar-refractivity contribution in [1.29, 1.82) is 0 Å². The summed E-state index contributed by atoms with van der Waals surface area (Å²) in [5.41, 5.74) is 3.09. The molecule has 0 heterocycles. The van der Waals surface area contributed by atoms with Gasteiger partial charge in [0.1, 0.15) is 0 Å². The van der Waals surface area contributed by atoms with Crippen LogP contribution >= 0.6 is 0 Å². The lowest BCUT2D eigenvalue weighted by atomic mass is 9.84. The van der Waals surface area contributed by atoms with E-state index >= 15 is 0 Å². The number of unbranched alkanes of at least 4 members (excludes halogenated alkanes) is 2. The fourth-order valence-corrected chi connectivity index (χ4v) is 5.19. The van der Waals surface area contributed by atoms with Crippen LogP contribution in [0.2, 0.25) is 0 Å². The Morgan fingerprint density at radius 3 is 1.33 bits per heavy atom. The van der Waals surface area contributed by atoms with E-state index in [1.807, 2.05) is 0 Å². The Hall–Kier alpha value is -2.86. The Labute approximate surface area is 179 Å². The second-order valence-electron chi connectivity index (χ2n) is 8.58. The molecule has 0 nitrogen and oxygen atoms in total. The summed E-state index contributed by atoms with van der Waals surface area (Å²) in [6, 6.07) is 27.3. The summed E-state index contributed by atoms with van der Waals surface area (Å²) in [6.07, 6.45) is 7.19. The third-order valence-corrected chi connectivity index (χ3v) is 6.67. The van der Waals surface area contributed by atoms with Gasteiger partial charge in [0.25, 0.3) is 0 Å².